The Kier molecular flexibility index (Phi) is 4.31. The molecule has 1 aliphatic heterocycles. The first kappa shape index (κ1) is 14.9. The van der Waals surface area contributed by atoms with E-state index < -0.39 is 25.9 Å². The lowest BCUT2D eigenvalue weighted by Crippen LogP contribution is -2.43. The molecular weight excluding hydrogens is 308 g/mol. The molecule has 1 unspecified atom stereocenters. The van der Waals surface area contributed by atoms with Gasteiger partial charge in [0.05, 0.1) is 16.4 Å². The number of nitrogens with one attached hydrogen (secondary N) is 1. The van der Waals surface area contributed by atoms with Gasteiger partial charge in [-0.2, -0.15) is 0 Å². The minimum atomic E-state index is -3.69. The van der Waals surface area contributed by atoms with Crippen LogP contribution in [0.5, 0.6) is 0 Å². The minimum Gasteiger partial charge on any atom is -0.326 e. The number of hydrogen-bond acceptors (Lipinski definition) is 6. The SMILES string of the molecule is NCc1sccc1S(=O)(=O)NC1CCCS(=O)(=O)C1. The lowest BCUT2D eigenvalue weighted by atomic mass is 10.2. The van der Waals surface area contributed by atoms with Gasteiger partial charge in [0.1, 0.15) is 0 Å². The molecule has 1 aromatic rings. The molecule has 2 rings (SSSR count). The fourth-order valence-electron chi connectivity index (χ4n) is 2.12. The molecule has 0 aromatic carbocycles. The van der Waals surface area contributed by atoms with E-state index >= 15 is 0 Å². The molecule has 108 valence electrons. The summed E-state index contributed by atoms with van der Waals surface area (Å²) in [6.07, 6.45) is 1.03. The highest BCUT2D eigenvalue weighted by atomic mass is 32.2. The van der Waals surface area contributed by atoms with Crippen LogP contribution in [0, 0.1) is 0 Å². The largest absolute Gasteiger partial charge is 0.326 e. The summed E-state index contributed by atoms with van der Waals surface area (Å²) in [6, 6.07) is 0.946. The summed E-state index contributed by atoms with van der Waals surface area (Å²) in [6.45, 7) is 0.150. The fraction of sp³-hybridized carbons (Fsp3) is 0.600. The van der Waals surface area contributed by atoms with Crippen LogP contribution in [0.25, 0.3) is 0 Å². The van der Waals surface area contributed by atoms with Gasteiger partial charge in [0.15, 0.2) is 9.84 Å². The zero-order valence-electron chi connectivity index (χ0n) is 10.2. The Morgan fingerprint density at radius 1 is 1.47 bits per heavy atom. The maximum Gasteiger partial charge on any atom is 0.242 e. The summed E-state index contributed by atoms with van der Waals surface area (Å²) in [5.74, 6) is 0.00601. The average molecular weight is 324 g/mol. The number of hydrogen-bond donors (Lipinski definition) is 2. The Balaban J connectivity index is 2.18. The zero-order valence-corrected chi connectivity index (χ0v) is 12.7. The molecule has 0 bridgehead atoms. The predicted octanol–water partition coefficient (Wildman–Crippen LogP) is 0.0623. The van der Waals surface area contributed by atoms with Crippen LogP contribution in [-0.4, -0.2) is 34.4 Å². The molecule has 1 saturated heterocycles. The van der Waals surface area contributed by atoms with E-state index in [4.69, 9.17) is 5.73 Å². The van der Waals surface area contributed by atoms with E-state index in [1.54, 1.807) is 5.38 Å². The number of nitrogens with two attached hydrogens (primary N) is 1. The van der Waals surface area contributed by atoms with Gasteiger partial charge >= 0.3 is 0 Å². The summed E-state index contributed by atoms with van der Waals surface area (Å²) in [7, 11) is -6.83. The molecular formula is C10H16N2O4S3. The van der Waals surface area contributed by atoms with Gasteiger partial charge in [0.25, 0.3) is 0 Å². The Morgan fingerprint density at radius 2 is 2.21 bits per heavy atom. The number of thiophene rings is 1. The van der Waals surface area contributed by atoms with Gasteiger partial charge in [-0.15, -0.1) is 11.3 Å². The van der Waals surface area contributed by atoms with Gasteiger partial charge in [-0.3, -0.25) is 0 Å². The van der Waals surface area contributed by atoms with Crippen molar-refractivity contribution in [1.29, 1.82) is 0 Å². The first-order valence-corrected chi connectivity index (χ1v) is 10.0. The van der Waals surface area contributed by atoms with Gasteiger partial charge in [0.2, 0.25) is 10.0 Å². The van der Waals surface area contributed by atoms with Crippen molar-refractivity contribution in [3.8, 4) is 0 Å². The maximum absolute atomic E-state index is 12.2. The van der Waals surface area contributed by atoms with Crippen LogP contribution in [0.15, 0.2) is 16.3 Å². The highest BCUT2D eigenvalue weighted by Gasteiger charge is 2.29. The number of rotatable bonds is 4. The van der Waals surface area contributed by atoms with E-state index in [1.807, 2.05) is 0 Å². The van der Waals surface area contributed by atoms with Crippen LogP contribution in [-0.2, 0) is 26.4 Å². The first-order chi connectivity index (χ1) is 8.84. The highest BCUT2D eigenvalue weighted by Crippen LogP contribution is 2.22. The van der Waals surface area contributed by atoms with Gasteiger partial charge in [-0.05, 0) is 24.3 Å². The van der Waals surface area contributed by atoms with Gasteiger partial charge in [-0.1, -0.05) is 0 Å². The second-order valence-corrected chi connectivity index (χ2v) is 9.40. The van der Waals surface area contributed by atoms with E-state index in [9.17, 15) is 16.8 Å². The molecule has 1 atom stereocenters. The lowest BCUT2D eigenvalue weighted by molar-refractivity contribution is 0.517. The molecule has 0 aliphatic carbocycles. The van der Waals surface area contributed by atoms with Crippen molar-refractivity contribution in [2.24, 2.45) is 5.73 Å². The van der Waals surface area contributed by atoms with Crippen LogP contribution in [0.4, 0.5) is 0 Å². The van der Waals surface area contributed by atoms with Crippen molar-refractivity contribution in [2.45, 2.75) is 30.3 Å². The summed E-state index contributed by atoms with van der Waals surface area (Å²) in [5, 5.41) is 1.66. The third-order valence-corrected chi connectivity index (χ3v) is 7.46. The van der Waals surface area contributed by atoms with Crippen LogP contribution in [0.3, 0.4) is 0 Å². The van der Waals surface area contributed by atoms with E-state index in [0.29, 0.717) is 17.7 Å². The van der Waals surface area contributed by atoms with E-state index in [2.05, 4.69) is 4.72 Å². The van der Waals surface area contributed by atoms with Gasteiger partial charge in [-0.25, -0.2) is 21.6 Å². The Labute approximate surface area is 117 Å². The number of sulfonamides is 1. The first-order valence-electron chi connectivity index (χ1n) is 5.83. The topological polar surface area (TPSA) is 106 Å². The molecule has 0 saturated carbocycles. The third-order valence-electron chi connectivity index (χ3n) is 2.96. The Morgan fingerprint density at radius 3 is 2.84 bits per heavy atom. The molecule has 6 nitrogen and oxygen atoms in total. The van der Waals surface area contributed by atoms with E-state index in [1.165, 1.54) is 17.4 Å². The number of sulfone groups is 1. The van der Waals surface area contributed by atoms with Crippen molar-refractivity contribution in [3.05, 3.63) is 16.3 Å². The second kappa shape index (κ2) is 5.49. The standard InChI is InChI=1S/C10H16N2O4S3/c11-6-9-10(3-4-17-9)19(15,16)12-8-2-1-5-18(13,14)7-8/h3-4,8,12H,1-2,5-7,11H2. The summed E-state index contributed by atoms with van der Waals surface area (Å²) >= 11 is 1.28. The quantitative estimate of drug-likeness (QED) is 0.814. The molecule has 2 heterocycles. The lowest BCUT2D eigenvalue weighted by Gasteiger charge is -2.22. The minimum absolute atomic E-state index is 0.131. The van der Waals surface area contributed by atoms with Crippen LogP contribution in [0.1, 0.15) is 17.7 Å². The Bertz CT molecular complexity index is 648. The van der Waals surface area contributed by atoms with Crippen molar-refractivity contribution in [3.63, 3.8) is 0 Å². The highest BCUT2D eigenvalue weighted by molar-refractivity contribution is 7.91. The molecule has 9 heteroatoms. The van der Waals surface area contributed by atoms with Gasteiger partial charge in [0, 0.05) is 17.5 Å². The van der Waals surface area contributed by atoms with Crippen LogP contribution >= 0.6 is 11.3 Å². The third kappa shape index (κ3) is 3.54. The predicted molar refractivity (Wildman–Crippen MR) is 74.2 cm³/mol. The van der Waals surface area contributed by atoms with Crippen molar-refractivity contribution < 1.29 is 16.8 Å². The maximum atomic E-state index is 12.2. The molecule has 0 amide bonds. The van der Waals surface area contributed by atoms with Crippen molar-refractivity contribution in [1.82, 2.24) is 4.72 Å². The van der Waals surface area contributed by atoms with E-state index in [-0.39, 0.29) is 22.9 Å². The van der Waals surface area contributed by atoms with Crippen molar-refractivity contribution in [2.75, 3.05) is 11.5 Å². The monoisotopic (exact) mass is 324 g/mol. The normalized spacial score (nSPS) is 23.3. The van der Waals surface area contributed by atoms with Crippen LogP contribution < -0.4 is 10.5 Å². The zero-order chi connectivity index (χ0) is 14.1. The summed E-state index contributed by atoms with van der Waals surface area (Å²) in [4.78, 5) is 0.731. The Hall–Kier alpha value is -0.480. The molecule has 1 aromatic heterocycles. The molecule has 3 N–H and O–H groups in total. The summed E-state index contributed by atoms with van der Waals surface area (Å²) in [5.41, 5.74) is 5.49. The fourth-order valence-corrected chi connectivity index (χ4v) is 6.46. The molecule has 0 radical (unpaired) electrons. The average Bonchev–Trinajstić information content (AvgIpc) is 2.75. The van der Waals surface area contributed by atoms with Gasteiger partial charge < -0.3 is 5.73 Å². The molecule has 0 spiro atoms. The molecule has 1 fully saturated rings. The van der Waals surface area contributed by atoms with Crippen LogP contribution in [0.2, 0.25) is 0 Å². The van der Waals surface area contributed by atoms with E-state index in [0.717, 1.165) is 0 Å². The second-order valence-electron chi connectivity index (χ2n) is 4.49. The van der Waals surface area contributed by atoms with Crippen molar-refractivity contribution >= 4 is 31.2 Å². The smallest absolute Gasteiger partial charge is 0.242 e. The summed E-state index contributed by atoms with van der Waals surface area (Å²) < 4.78 is 49.9. The molecule has 1 aliphatic rings. The molecule has 19 heavy (non-hydrogen) atoms.